The van der Waals surface area contributed by atoms with Crippen molar-refractivity contribution in [2.75, 3.05) is 67.4 Å². The maximum Gasteiger partial charge on any atom is 0.232 e. The maximum absolute atomic E-state index is 13.4. The number of likely N-dealkylation sites (N-methyl/N-ethyl adjacent to an activating group) is 1. The lowest BCUT2D eigenvalue weighted by Crippen LogP contribution is -2.46. The van der Waals surface area contributed by atoms with E-state index in [2.05, 4.69) is 50.2 Å². The van der Waals surface area contributed by atoms with Crippen LogP contribution in [0.2, 0.25) is 0 Å². The van der Waals surface area contributed by atoms with Crippen molar-refractivity contribution in [2.24, 2.45) is 5.92 Å². The van der Waals surface area contributed by atoms with E-state index >= 15 is 0 Å². The largest absolute Gasteiger partial charge is 0.494 e. The summed E-state index contributed by atoms with van der Waals surface area (Å²) in [6.45, 7) is 4.13. The minimum atomic E-state index is 0.0402. The molecule has 2 aliphatic carbocycles. The summed E-state index contributed by atoms with van der Waals surface area (Å²) in [5.41, 5.74) is 2.82. The number of methoxy groups -OCH3 is 1. The van der Waals surface area contributed by atoms with Crippen molar-refractivity contribution < 1.29 is 9.53 Å². The van der Waals surface area contributed by atoms with Crippen molar-refractivity contribution in [3.63, 3.8) is 0 Å². The van der Waals surface area contributed by atoms with E-state index in [1.165, 1.54) is 12.8 Å². The number of anilines is 5. The molecule has 0 radical (unpaired) electrons. The number of nitrogens with one attached hydrogen (secondary N) is 1. The quantitative estimate of drug-likeness (QED) is 0.656. The summed E-state index contributed by atoms with van der Waals surface area (Å²) in [5, 5.41) is 3.42. The van der Waals surface area contributed by atoms with E-state index in [0.717, 1.165) is 86.9 Å². The van der Waals surface area contributed by atoms with E-state index in [1.807, 2.05) is 13.2 Å². The molecule has 9 nitrogen and oxygen atoms in total. The first kappa shape index (κ1) is 24.3. The number of ether oxygens (including phenoxy) is 1. The normalized spacial score (nSPS) is 24.7. The predicted molar refractivity (Wildman–Crippen MR) is 147 cm³/mol. The van der Waals surface area contributed by atoms with Crippen LogP contribution in [0.3, 0.4) is 0 Å². The van der Waals surface area contributed by atoms with Gasteiger partial charge in [0, 0.05) is 57.1 Å². The molecule has 9 heteroatoms. The molecule has 2 unspecified atom stereocenters. The zero-order valence-electron chi connectivity index (χ0n) is 22.3. The topological polar surface area (TPSA) is 77.1 Å². The molecule has 2 aliphatic heterocycles. The molecule has 37 heavy (non-hydrogen) atoms. The molecule has 1 aromatic heterocycles. The first-order valence-electron chi connectivity index (χ1n) is 13.8. The summed E-state index contributed by atoms with van der Waals surface area (Å²) in [7, 11) is 5.75. The highest BCUT2D eigenvalue weighted by molar-refractivity contribution is 5.99. The molecule has 1 aromatic carbocycles. The average molecular weight is 506 g/mol. The first-order chi connectivity index (χ1) is 18.0. The van der Waals surface area contributed by atoms with Crippen molar-refractivity contribution >= 4 is 34.7 Å². The van der Waals surface area contributed by atoms with Crippen molar-refractivity contribution in [1.82, 2.24) is 14.9 Å². The fraction of sp³-hybridized carbons (Fsp3) is 0.607. The number of nitrogens with zero attached hydrogens (tertiary/aromatic N) is 6. The molecular weight excluding hydrogens is 466 g/mol. The number of carbonyl (C=O) groups is 1. The molecule has 4 aliphatic rings. The minimum absolute atomic E-state index is 0.0402. The van der Waals surface area contributed by atoms with Gasteiger partial charge in [-0.25, -0.2) is 4.98 Å². The summed E-state index contributed by atoms with van der Waals surface area (Å²) in [6.07, 6.45) is 9.73. The van der Waals surface area contributed by atoms with E-state index in [4.69, 9.17) is 9.72 Å². The molecule has 1 amide bonds. The van der Waals surface area contributed by atoms with Gasteiger partial charge in [0.15, 0.2) is 5.82 Å². The number of benzene rings is 1. The van der Waals surface area contributed by atoms with Gasteiger partial charge in [0.25, 0.3) is 0 Å². The Bertz CT molecular complexity index is 1140. The molecular formula is C28H39N7O2. The Hall–Kier alpha value is -3.07. The Morgan fingerprint density at radius 1 is 1.00 bits per heavy atom. The van der Waals surface area contributed by atoms with Crippen LogP contribution in [0.25, 0.3) is 0 Å². The zero-order valence-corrected chi connectivity index (χ0v) is 22.3. The van der Waals surface area contributed by atoms with Crippen molar-refractivity contribution in [2.45, 2.75) is 57.0 Å². The van der Waals surface area contributed by atoms with E-state index < -0.39 is 0 Å². The minimum Gasteiger partial charge on any atom is -0.494 e. The predicted octanol–water partition coefficient (Wildman–Crippen LogP) is 3.87. The van der Waals surface area contributed by atoms with Gasteiger partial charge in [-0.05, 0) is 44.9 Å². The summed E-state index contributed by atoms with van der Waals surface area (Å²) in [6, 6.07) is 6.94. The summed E-state index contributed by atoms with van der Waals surface area (Å²) >= 11 is 0. The fourth-order valence-electron chi connectivity index (χ4n) is 6.73. The lowest BCUT2D eigenvalue weighted by Gasteiger charge is -2.36. The van der Waals surface area contributed by atoms with E-state index in [1.54, 1.807) is 12.0 Å². The number of amides is 1. The summed E-state index contributed by atoms with van der Waals surface area (Å²) in [4.78, 5) is 32.2. The second kappa shape index (κ2) is 10.0. The van der Waals surface area contributed by atoms with Crippen molar-refractivity contribution in [3.05, 3.63) is 24.4 Å². The monoisotopic (exact) mass is 505 g/mol. The van der Waals surface area contributed by atoms with Crippen LogP contribution < -0.4 is 24.8 Å². The highest BCUT2D eigenvalue weighted by Gasteiger charge is 2.46. The molecule has 1 saturated heterocycles. The molecule has 3 fully saturated rings. The summed E-state index contributed by atoms with van der Waals surface area (Å²) in [5.74, 6) is 2.44. The molecule has 2 atom stereocenters. The summed E-state index contributed by atoms with van der Waals surface area (Å²) < 4.78 is 5.77. The van der Waals surface area contributed by atoms with Crippen LogP contribution >= 0.6 is 0 Å². The average Bonchev–Trinajstić information content (AvgIpc) is 3.61. The van der Waals surface area contributed by atoms with Crippen molar-refractivity contribution in [3.8, 4) is 5.75 Å². The number of aromatic nitrogens is 2. The Labute approximate surface area is 219 Å². The van der Waals surface area contributed by atoms with Gasteiger partial charge in [0.05, 0.1) is 24.9 Å². The van der Waals surface area contributed by atoms with Crippen LogP contribution in [-0.4, -0.2) is 80.2 Å². The highest BCUT2D eigenvalue weighted by atomic mass is 16.5. The van der Waals surface area contributed by atoms with Gasteiger partial charge in [-0.15, -0.1) is 0 Å². The number of rotatable bonds is 5. The third-order valence-corrected chi connectivity index (χ3v) is 8.86. The Morgan fingerprint density at radius 3 is 2.54 bits per heavy atom. The van der Waals surface area contributed by atoms with E-state index in [-0.39, 0.29) is 17.9 Å². The van der Waals surface area contributed by atoms with Crippen LogP contribution in [0.5, 0.6) is 5.75 Å². The van der Waals surface area contributed by atoms with Crippen LogP contribution in [0, 0.1) is 5.92 Å². The van der Waals surface area contributed by atoms with Crippen LogP contribution in [-0.2, 0) is 4.79 Å². The van der Waals surface area contributed by atoms with Gasteiger partial charge in [-0.3, -0.25) is 4.79 Å². The fourth-order valence-corrected chi connectivity index (χ4v) is 6.73. The van der Waals surface area contributed by atoms with Gasteiger partial charge < -0.3 is 29.7 Å². The van der Waals surface area contributed by atoms with Gasteiger partial charge in [0.2, 0.25) is 11.9 Å². The second-order valence-electron chi connectivity index (χ2n) is 11.0. The molecule has 2 saturated carbocycles. The number of carbonyl (C=O) groups excluding carboxylic acids is 1. The van der Waals surface area contributed by atoms with Crippen molar-refractivity contribution in [1.29, 1.82) is 0 Å². The number of hydrogen-bond acceptors (Lipinski definition) is 8. The molecule has 198 valence electrons. The zero-order chi connectivity index (χ0) is 25.5. The lowest BCUT2D eigenvalue weighted by molar-refractivity contribution is -0.122. The van der Waals surface area contributed by atoms with Crippen LogP contribution in [0.15, 0.2) is 24.4 Å². The number of piperazine rings is 1. The van der Waals surface area contributed by atoms with E-state index in [9.17, 15) is 4.79 Å². The lowest BCUT2D eigenvalue weighted by atomic mass is 9.99. The molecule has 3 heterocycles. The Morgan fingerprint density at radius 2 is 1.78 bits per heavy atom. The number of fused-ring (bicyclic) bond motifs is 2. The first-order valence-corrected chi connectivity index (χ1v) is 13.8. The second-order valence-corrected chi connectivity index (χ2v) is 11.0. The van der Waals surface area contributed by atoms with Gasteiger partial charge in [-0.2, -0.15) is 4.98 Å². The smallest absolute Gasteiger partial charge is 0.232 e. The van der Waals surface area contributed by atoms with Gasteiger partial charge >= 0.3 is 0 Å². The van der Waals surface area contributed by atoms with Crippen LogP contribution in [0.1, 0.15) is 44.9 Å². The molecule has 0 spiro atoms. The number of hydrogen-bond donors (Lipinski definition) is 1. The highest BCUT2D eigenvalue weighted by Crippen LogP contribution is 2.45. The third kappa shape index (κ3) is 4.47. The molecule has 6 rings (SSSR count). The molecule has 0 bridgehead atoms. The maximum atomic E-state index is 13.4. The molecule has 2 aromatic rings. The SMILES string of the molecule is COc1cc(N2CCN(C)CC2)ccc1Nc1ncc2c(n1)N(C1CCCC1)C1CCCC1C(=O)N2C. The van der Waals surface area contributed by atoms with Crippen LogP contribution in [0.4, 0.5) is 28.8 Å². The standard InChI is InChI=1S/C28H39N7O2/c1-32-13-15-34(16-14-32)20-11-12-22(25(17-20)37-3)30-28-29-18-24-26(31-28)35(19-7-4-5-8-19)23-10-6-9-21(23)27(36)33(24)2/h11-12,17-19,21,23H,4-10,13-16H2,1-3H3,(H,29,30,31). The third-order valence-electron chi connectivity index (χ3n) is 8.86. The van der Waals surface area contributed by atoms with E-state index in [0.29, 0.717) is 12.0 Å². The Kier molecular flexibility index (Phi) is 6.56. The van der Waals surface area contributed by atoms with Gasteiger partial charge in [-0.1, -0.05) is 19.3 Å². The van der Waals surface area contributed by atoms with Gasteiger partial charge in [0.1, 0.15) is 11.4 Å². The molecule has 1 N–H and O–H groups in total. The Balaban J connectivity index is 1.32.